The van der Waals surface area contributed by atoms with Crippen LogP contribution in [-0.2, 0) is 4.79 Å². The van der Waals surface area contributed by atoms with Crippen molar-refractivity contribution < 1.29 is 9.59 Å². The fourth-order valence-electron chi connectivity index (χ4n) is 2.98. The number of aryl methyl sites for hydroxylation is 1. The molecule has 2 heterocycles. The number of Topliss-reactive ketones (excluding diaryl/α,β-unsaturated/α-hetero) is 1. The van der Waals surface area contributed by atoms with E-state index in [4.69, 9.17) is 0 Å². The average Bonchev–Trinajstić information content (AvgIpc) is 3.20. The predicted octanol–water partition coefficient (Wildman–Crippen LogP) is 5.51. The first kappa shape index (κ1) is 21.9. The number of carbonyl (C=O) groups is 2. The number of hydrogen-bond acceptors (Lipinski definition) is 7. The van der Waals surface area contributed by atoms with Crippen LogP contribution in [0.25, 0.3) is 21.1 Å². The molecular weight excluding hydrogens is 440 g/mol. The van der Waals surface area contributed by atoms with E-state index in [2.05, 4.69) is 20.5 Å². The van der Waals surface area contributed by atoms with Gasteiger partial charge in [0.25, 0.3) is 0 Å². The number of hydrogen-bond donors (Lipinski definition) is 1. The van der Waals surface area contributed by atoms with E-state index in [9.17, 15) is 9.59 Å². The Kier molecular flexibility index (Phi) is 6.72. The standard InChI is InChI=1S/C24H20N4O2S2/c1-15-23(32-24(25-15)18-6-4-3-5-7-18)20-12-13-22(28-27-20)31-14-21(30)26-19-10-8-17(9-11-19)16(2)29/h3-13H,14H2,1-2H3,(H,26,30). The van der Waals surface area contributed by atoms with Crippen LogP contribution < -0.4 is 5.32 Å². The summed E-state index contributed by atoms with van der Waals surface area (Å²) in [6.45, 7) is 3.48. The molecule has 4 aromatic rings. The Labute approximate surface area is 194 Å². The van der Waals surface area contributed by atoms with Crippen LogP contribution in [0.3, 0.4) is 0 Å². The van der Waals surface area contributed by atoms with Crippen LogP contribution in [0.1, 0.15) is 23.0 Å². The molecule has 2 aromatic heterocycles. The van der Waals surface area contributed by atoms with E-state index in [-0.39, 0.29) is 17.4 Å². The van der Waals surface area contributed by atoms with E-state index >= 15 is 0 Å². The van der Waals surface area contributed by atoms with Crippen LogP contribution in [0.15, 0.2) is 71.8 Å². The number of thiazole rings is 1. The van der Waals surface area contributed by atoms with E-state index in [0.717, 1.165) is 26.8 Å². The first-order valence-electron chi connectivity index (χ1n) is 9.90. The first-order chi connectivity index (χ1) is 15.5. The van der Waals surface area contributed by atoms with Gasteiger partial charge >= 0.3 is 0 Å². The van der Waals surface area contributed by atoms with Crippen molar-refractivity contribution in [1.29, 1.82) is 0 Å². The van der Waals surface area contributed by atoms with Crippen LogP contribution in [0.5, 0.6) is 0 Å². The summed E-state index contributed by atoms with van der Waals surface area (Å²) < 4.78 is 0. The molecule has 0 atom stereocenters. The third-order valence-electron chi connectivity index (χ3n) is 4.62. The van der Waals surface area contributed by atoms with Crippen LogP contribution in [0, 0.1) is 6.92 Å². The average molecular weight is 461 g/mol. The van der Waals surface area contributed by atoms with E-state index < -0.39 is 0 Å². The minimum absolute atomic E-state index is 0.00901. The van der Waals surface area contributed by atoms with Crippen molar-refractivity contribution in [1.82, 2.24) is 15.2 Å². The van der Waals surface area contributed by atoms with Crippen molar-refractivity contribution in [3.63, 3.8) is 0 Å². The van der Waals surface area contributed by atoms with Gasteiger partial charge in [0.1, 0.15) is 15.7 Å². The summed E-state index contributed by atoms with van der Waals surface area (Å²) in [6.07, 6.45) is 0. The largest absolute Gasteiger partial charge is 0.325 e. The van der Waals surface area contributed by atoms with Crippen molar-refractivity contribution in [3.05, 3.63) is 78.0 Å². The second-order valence-electron chi connectivity index (χ2n) is 7.03. The topological polar surface area (TPSA) is 84.8 Å². The lowest BCUT2D eigenvalue weighted by atomic mass is 10.1. The molecule has 0 bridgehead atoms. The molecule has 4 rings (SSSR count). The van der Waals surface area contributed by atoms with Gasteiger partial charge in [-0.15, -0.1) is 21.5 Å². The number of carbonyl (C=O) groups excluding carboxylic acids is 2. The van der Waals surface area contributed by atoms with Crippen molar-refractivity contribution in [2.75, 3.05) is 11.1 Å². The highest BCUT2D eigenvalue weighted by Gasteiger charge is 2.13. The van der Waals surface area contributed by atoms with Crippen molar-refractivity contribution in [3.8, 4) is 21.1 Å². The van der Waals surface area contributed by atoms with E-state index in [1.807, 2.05) is 49.4 Å². The number of benzene rings is 2. The zero-order valence-corrected chi connectivity index (χ0v) is 19.2. The van der Waals surface area contributed by atoms with Gasteiger partial charge in [0, 0.05) is 16.8 Å². The molecule has 8 heteroatoms. The number of nitrogens with zero attached hydrogens (tertiary/aromatic N) is 3. The number of anilines is 1. The number of rotatable bonds is 7. The summed E-state index contributed by atoms with van der Waals surface area (Å²) in [5.74, 6) is 0.0489. The second kappa shape index (κ2) is 9.84. The van der Waals surface area contributed by atoms with Gasteiger partial charge in [-0.2, -0.15) is 0 Å². The maximum atomic E-state index is 12.2. The summed E-state index contributed by atoms with van der Waals surface area (Å²) in [4.78, 5) is 29.2. The fraction of sp³-hybridized carbons (Fsp3) is 0.125. The predicted molar refractivity (Wildman–Crippen MR) is 129 cm³/mol. The highest BCUT2D eigenvalue weighted by atomic mass is 32.2. The lowest BCUT2D eigenvalue weighted by Crippen LogP contribution is -2.14. The first-order valence-corrected chi connectivity index (χ1v) is 11.7. The molecule has 6 nitrogen and oxygen atoms in total. The molecule has 1 amide bonds. The molecule has 160 valence electrons. The summed E-state index contributed by atoms with van der Waals surface area (Å²) in [7, 11) is 0. The van der Waals surface area contributed by atoms with E-state index in [1.54, 1.807) is 35.6 Å². The lowest BCUT2D eigenvalue weighted by molar-refractivity contribution is -0.113. The second-order valence-corrected chi connectivity index (χ2v) is 9.02. The Balaban J connectivity index is 1.36. The zero-order valence-electron chi connectivity index (χ0n) is 17.5. The molecule has 0 fully saturated rings. The van der Waals surface area contributed by atoms with Crippen molar-refractivity contribution in [2.24, 2.45) is 0 Å². The number of amides is 1. The quantitative estimate of drug-likeness (QED) is 0.289. The Morgan fingerprint density at radius 1 is 0.969 bits per heavy atom. The van der Waals surface area contributed by atoms with Crippen molar-refractivity contribution in [2.45, 2.75) is 18.9 Å². The van der Waals surface area contributed by atoms with Crippen LogP contribution >= 0.6 is 23.1 Å². The summed E-state index contributed by atoms with van der Waals surface area (Å²) in [5.41, 5.74) is 4.02. The van der Waals surface area contributed by atoms with Gasteiger partial charge in [-0.05, 0) is 50.2 Å². The maximum Gasteiger partial charge on any atom is 0.234 e. The number of ketones is 1. The van der Waals surface area contributed by atoms with Gasteiger partial charge < -0.3 is 5.32 Å². The maximum absolute atomic E-state index is 12.2. The third kappa shape index (κ3) is 5.27. The molecule has 1 N–H and O–H groups in total. The Morgan fingerprint density at radius 2 is 1.72 bits per heavy atom. The Bertz CT molecular complexity index is 1240. The molecule has 0 unspecified atom stereocenters. The van der Waals surface area contributed by atoms with E-state index in [0.29, 0.717) is 16.3 Å². The Morgan fingerprint density at radius 3 is 2.38 bits per heavy atom. The Hall–Kier alpha value is -3.36. The van der Waals surface area contributed by atoms with E-state index in [1.165, 1.54) is 18.7 Å². The van der Waals surface area contributed by atoms with Crippen LogP contribution in [0.2, 0.25) is 0 Å². The molecule has 0 spiro atoms. The normalized spacial score (nSPS) is 10.7. The fourth-order valence-corrected chi connectivity index (χ4v) is 4.63. The minimum atomic E-state index is -0.151. The zero-order chi connectivity index (χ0) is 22.5. The van der Waals surface area contributed by atoms with Crippen LogP contribution in [-0.4, -0.2) is 32.6 Å². The molecule has 32 heavy (non-hydrogen) atoms. The van der Waals surface area contributed by atoms with Gasteiger partial charge in [-0.25, -0.2) is 4.98 Å². The molecule has 0 saturated carbocycles. The minimum Gasteiger partial charge on any atom is -0.325 e. The highest BCUT2D eigenvalue weighted by Crippen LogP contribution is 2.34. The molecule has 0 aliphatic carbocycles. The smallest absolute Gasteiger partial charge is 0.234 e. The molecule has 2 aromatic carbocycles. The van der Waals surface area contributed by atoms with Gasteiger partial charge in [-0.1, -0.05) is 42.1 Å². The summed E-state index contributed by atoms with van der Waals surface area (Å²) in [6, 6.07) is 20.6. The van der Waals surface area contributed by atoms with Gasteiger partial charge in [0.15, 0.2) is 5.78 Å². The molecule has 0 radical (unpaired) electrons. The monoisotopic (exact) mass is 460 g/mol. The SMILES string of the molecule is CC(=O)c1ccc(NC(=O)CSc2ccc(-c3sc(-c4ccccc4)nc3C)nn2)cc1. The summed E-state index contributed by atoms with van der Waals surface area (Å²) in [5, 5.41) is 13.0. The molecule has 0 aliphatic rings. The van der Waals surface area contributed by atoms with Crippen LogP contribution in [0.4, 0.5) is 5.69 Å². The highest BCUT2D eigenvalue weighted by molar-refractivity contribution is 7.99. The molecular formula is C24H20N4O2S2. The molecule has 0 saturated heterocycles. The lowest BCUT2D eigenvalue weighted by Gasteiger charge is -2.05. The van der Waals surface area contributed by atoms with Gasteiger partial charge in [0.2, 0.25) is 5.91 Å². The number of thioether (sulfide) groups is 1. The summed E-state index contributed by atoms with van der Waals surface area (Å²) >= 11 is 2.90. The van der Waals surface area contributed by atoms with Crippen molar-refractivity contribution >= 4 is 40.5 Å². The van der Waals surface area contributed by atoms with Gasteiger partial charge in [-0.3, -0.25) is 9.59 Å². The molecule has 0 aliphatic heterocycles. The van der Waals surface area contributed by atoms with Gasteiger partial charge in [0.05, 0.1) is 16.3 Å². The number of aromatic nitrogens is 3. The third-order valence-corrected chi connectivity index (χ3v) is 6.77. The number of nitrogens with one attached hydrogen (secondary N) is 1.